The molecule has 0 saturated carbocycles. The monoisotopic (exact) mass is 626 g/mol. The summed E-state index contributed by atoms with van der Waals surface area (Å²) in [4.78, 5) is 41.6. The summed E-state index contributed by atoms with van der Waals surface area (Å²) in [5, 5.41) is 0.398. The van der Waals surface area contributed by atoms with Crippen LogP contribution in [0.4, 0.5) is 21.1 Å². The van der Waals surface area contributed by atoms with Crippen LogP contribution in [0.1, 0.15) is 60.4 Å². The smallest absolute Gasteiger partial charge is 0.425 e. The lowest BCUT2D eigenvalue weighted by Crippen LogP contribution is -2.44. The first-order valence-corrected chi connectivity index (χ1v) is 16.1. The Balaban J connectivity index is 1.75. The first-order valence-electron chi connectivity index (χ1n) is 14.2. The lowest BCUT2D eigenvalue weighted by molar-refractivity contribution is 0.0429. The molecule has 5 rings (SSSR count). The van der Waals surface area contributed by atoms with Crippen molar-refractivity contribution in [2.75, 3.05) is 30.0 Å². The maximum atomic E-state index is 13.7. The van der Waals surface area contributed by atoms with E-state index in [4.69, 9.17) is 15.2 Å². The number of imidazole rings is 1. The Bertz CT molecular complexity index is 1810. The van der Waals surface area contributed by atoms with Crippen molar-refractivity contribution in [2.45, 2.75) is 71.6 Å². The third kappa shape index (κ3) is 6.19. The van der Waals surface area contributed by atoms with Crippen LogP contribution >= 0.6 is 0 Å². The number of amides is 2. The van der Waals surface area contributed by atoms with E-state index in [0.29, 0.717) is 59.6 Å². The Morgan fingerprint density at radius 2 is 1.57 bits per heavy atom. The molecule has 4 aromatic rings. The van der Waals surface area contributed by atoms with Crippen LogP contribution in [0.5, 0.6) is 0 Å². The summed E-state index contributed by atoms with van der Waals surface area (Å²) in [6.45, 7) is 10.9. The highest BCUT2D eigenvalue weighted by molar-refractivity contribution is 7.88. The van der Waals surface area contributed by atoms with Crippen molar-refractivity contribution in [3.63, 3.8) is 0 Å². The van der Waals surface area contributed by atoms with Gasteiger partial charge in [0.15, 0.2) is 11.5 Å². The average Bonchev–Trinajstić information content (AvgIpc) is 3.53. The lowest BCUT2D eigenvalue weighted by Gasteiger charge is -2.31. The number of nitrogens with two attached hydrogens (primary N) is 1. The van der Waals surface area contributed by atoms with Crippen molar-refractivity contribution in [3.8, 4) is 11.3 Å². The Kier molecular flexibility index (Phi) is 7.82. The Labute approximate surface area is 255 Å². The molecule has 4 aromatic heterocycles. The third-order valence-electron chi connectivity index (χ3n) is 7.09. The number of carbonyl (C=O) groups is 2. The number of piperidine rings is 1. The maximum absolute atomic E-state index is 13.7. The molecule has 0 unspecified atom stereocenters. The van der Waals surface area contributed by atoms with E-state index >= 15 is 0 Å². The van der Waals surface area contributed by atoms with Crippen molar-refractivity contribution < 1.29 is 27.5 Å². The number of imide groups is 1. The van der Waals surface area contributed by atoms with Gasteiger partial charge >= 0.3 is 12.2 Å². The summed E-state index contributed by atoms with van der Waals surface area (Å²) in [5.41, 5.74) is 7.06. The number of rotatable bonds is 4. The second-order valence-electron chi connectivity index (χ2n) is 12.8. The molecule has 1 aliphatic heterocycles. The van der Waals surface area contributed by atoms with E-state index in [-0.39, 0.29) is 11.9 Å². The van der Waals surface area contributed by atoms with Gasteiger partial charge < -0.3 is 19.8 Å². The van der Waals surface area contributed by atoms with Crippen LogP contribution in [-0.4, -0.2) is 79.4 Å². The molecular formula is C29H38N8O6S. The van der Waals surface area contributed by atoms with Gasteiger partial charge in [0.2, 0.25) is 10.0 Å². The number of fused-ring (bicyclic) bond motifs is 2. The quantitative estimate of drug-likeness (QED) is 0.338. The fraction of sp³-hybridized carbons (Fsp3) is 0.483. The molecular weight excluding hydrogens is 588 g/mol. The van der Waals surface area contributed by atoms with Gasteiger partial charge in [0, 0.05) is 43.3 Å². The van der Waals surface area contributed by atoms with Gasteiger partial charge in [-0.2, -0.15) is 4.90 Å². The van der Waals surface area contributed by atoms with Gasteiger partial charge in [-0.15, -0.1) is 0 Å². The molecule has 0 aliphatic carbocycles. The molecule has 1 saturated heterocycles. The molecule has 0 atom stereocenters. The zero-order valence-corrected chi connectivity index (χ0v) is 26.8. The second-order valence-corrected chi connectivity index (χ2v) is 14.8. The van der Waals surface area contributed by atoms with Crippen LogP contribution in [0.3, 0.4) is 0 Å². The first kappa shape index (κ1) is 31.2. The van der Waals surface area contributed by atoms with E-state index in [2.05, 4.69) is 15.0 Å². The minimum Gasteiger partial charge on any atom is -0.443 e. The molecule has 1 fully saturated rings. The van der Waals surface area contributed by atoms with E-state index in [1.54, 1.807) is 60.0 Å². The highest BCUT2D eigenvalue weighted by Gasteiger charge is 2.37. The lowest BCUT2D eigenvalue weighted by atomic mass is 10.1. The zero-order valence-electron chi connectivity index (χ0n) is 25.9. The minimum atomic E-state index is -3.33. The molecule has 2 N–H and O–H groups in total. The molecule has 0 spiro atoms. The topological polar surface area (TPSA) is 167 Å². The van der Waals surface area contributed by atoms with E-state index in [1.165, 1.54) is 16.9 Å². The molecule has 236 valence electrons. The minimum absolute atomic E-state index is 0.0223. The number of nitrogens with zero attached hydrogens (tertiary/aromatic N) is 7. The number of nitrogen functional groups attached to an aromatic ring is 1. The normalized spacial score (nSPS) is 15.5. The SMILES string of the molecule is CC(C)(C)OC(=O)N(C(=O)OC(C)(C)C)c1ncnc2c1c(-c1ccc(N)c3nccn13)cn2C1CCN(S(C)(=O)=O)CC1. The van der Waals surface area contributed by atoms with Gasteiger partial charge in [0.25, 0.3) is 0 Å². The van der Waals surface area contributed by atoms with Crippen LogP contribution < -0.4 is 10.6 Å². The molecule has 5 heterocycles. The zero-order chi connectivity index (χ0) is 32.2. The molecule has 15 heteroatoms. The maximum Gasteiger partial charge on any atom is 0.425 e. The highest BCUT2D eigenvalue weighted by atomic mass is 32.2. The third-order valence-corrected chi connectivity index (χ3v) is 8.40. The number of ether oxygens (including phenoxy) is 2. The largest absolute Gasteiger partial charge is 0.443 e. The summed E-state index contributed by atoms with van der Waals surface area (Å²) in [6, 6.07) is 3.42. The fourth-order valence-corrected chi connectivity index (χ4v) is 6.15. The number of aromatic nitrogens is 5. The van der Waals surface area contributed by atoms with Crippen LogP contribution in [0.25, 0.3) is 27.9 Å². The van der Waals surface area contributed by atoms with Crippen molar-refractivity contribution in [1.29, 1.82) is 0 Å². The Hall–Kier alpha value is -4.24. The van der Waals surface area contributed by atoms with Gasteiger partial charge in [-0.25, -0.2) is 37.3 Å². The molecule has 0 bridgehead atoms. The van der Waals surface area contributed by atoms with Crippen LogP contribution in [0.2, 0.25) is 0 Å². The Morgan fingerprint density at radius 3 is 2.14 bits per heavy atom. The van der Waals surface area contributed by atoms with Gasteiger partial charge in [-0.3, -0.25) is 4.40 Å². The van der Waals surface area contributed by atoms with Crippen LogP contribution in [-0.2, 0) is 19.5 Å². The molecule has 1 aliphatic rings. The molecule has 14 nitrogen and oxygen atoms in total. The van der Waals surface area contributed by atoms with Crippen molar-refractivity contribution >= 4 is 50.4 Å². The number of carbonyl (C=O) groups excluding carboxylic acids is 2. The molecule has 2 amide bonds. The predicted molar refractivity (Wildman–Crippen MR) is 166 cm³/mol. The summed E-state index contributed by atoms with van der Waals surface area (Å²) >= 11 is 0. The van der Waals surface area contributed by atoms with E-state index in [0.717, 1.165) is 4.90 Å². The van der Waals surface area contributed by atoms with Crippen molar-refractivity contribution in [3.05, 3.63) is 37.1 Å². The van der Waals surface area contributed by atoms with E-state index in [1.807, 2.05) is 21.2 Å². The van der Waals surface area contributed by atoms with Gasteiger partial charge in [0.05, 0.1) is 23.0 Å². The molecule has 0 aromatic carbocycles. The number of pyridine rings is 1. The van der Waals surface area contributed by atoms with Crippen LogP contribution in [0, 0.1) is 0 Å². The number of anilines is 2. The van der Waals surface area contributed by atoms with Gasteiger partial charge in [-0.1, -0.05) is 0 Å². The number of hydrogen-bond donors (Lipinski definition) is 1. The number of sulfonamides is 1. The van der Waals surface area contributed by atoms with Crippen LogP contribution in [0.15, 0.2) is 37.1 Å². The van der Waals surface area contributed by atoms with E-state index in [9.17, 15) is 18.0 Å². The van der Waals surface area contributed by atoms with Crippen molar-refractivity contribution in [1.82, 2.24) is 28.2 Å². The summed E-state index contributed by atoms with van der Waals surface area (Å²) in [7, 11) is -3.33. The summed E-state index contributed by atoms with van der Waals surface area (Å²) in [5.74, 6) is -0.0223. The van der Waals surface area contributed by atoms with Gasteiger partial charge in [0.1, 0.15) is 23.2 Å². The summed E-state index contributed by atoms with van der Waals surface area (Å²) < 4.78 is 40.9. The number of hydrogen-bond acceptors (Lipinski definition) is 10. The summed E-state index contributed by atoms with van der Waals surface area (Å²) in [6.07, 6.45) is 6.89. The average molecular weight is 627 g/mol. The fourth-order valence-electron chi connectivity index (χ4n) is 5.28. The van der Waals surface area contributed by atoms with E-state index < -0.39 is 33.4 Å². The second kappa shape index (κ2) is 11.0. The predicted octanol–water partition coefficient (Wildman–Crippen LogP) is 4.60. The van der Waals surface area contributed by atoms with Gasteiger partial charge in [-0.05, 0) is 66.5 Å². The standard InChI is InChI=1S/C29H38N8O6S/c1-28(2,3)42-26(38)37(27(39)43-29(4,5)6)25-22-19(21-9-8-20(30)23-31-12-15-35(21)23)16-36(24(22)32-17-33-25)18-10-13-34(14-11-18)44(7,40)41/h8-9,12,15-18H,10-11,13-14,30H2,1-7H3. The Morgan fingerprint density at radius 1 is 0.955 bits per heavy atom. The molecule has 44 heavy (non-hydrogen) atoms. The first-order chi connectivity index (χ1) is 20.4. The highest BCUT2D eigenvalue weighted by Crippen LogP contribution is 2.40. The van der Waals surface area contributed by atoms with Crippen molar-refractivity contribution in [2.24, 2.45) is 0 Å². The molecule has 0 radical (unpaired) electrons.